The third-order valence-electron chi connectivity index (χ3n) is 2.90. The molecule has 0 heterocycles. The van der Waals surface area contributed by atoms with E-state index < -0.39 is 6.10 Å². The number of urea groups is 1. The molecular formula is C14H21BrN2O3. The molecule has 1 aromatic rings. The van der Waals surface area contributed by atoms with Crippen LogP contribution in [0.1, 0.15) is 19.4 Å². The Balaban J connectivity index is 2.64. The number of hydrogen-bond acceptors (Lipinski definition) is 3. The number of aliphatic hydroxyl groups excluding tert-OH is 1. The number of aliphatic hydroxyl groups is 1. The lowest BCUT2D eigenvalue weighted by molar-refractivity contribution is 0.126. The minimum atomic E-state index is -0.554. The first-order valence-electron chi connectivity index (χ1n) is 6.45. The Labute approximate surface area is 127 Å². The van der Waals surface area contributed by atoms with E-state index in [1.54, 1.807) is 13.2 Å². The fourth-order valence-corrected chi connectivity index (χ4v) is 2.05. The first-order chi connectivity index (χ1) is 9.45. The van der Waals surface area contributed by atoms with Crippen molar-refractivity contribution in [2.24, 2.45) is 5.92 Å². The van der Waals surface area contributed by atoms with Crippen molar-refractivity contribution < 1.29 is 14.6 Å². The molecule has 3 N–H and O–H groups in total. The summed E-state index contributed by atoms with van der Waals surface area (Å²) in [6.45, 7) is 4.41. The van der Waals surface area contributed by atoms with Gasteiger partial charge in [-0.2, -0.15) is 0 Å². The number of nitrogens with one attached hydrogen (secondary N) is 2. The fourth-order valence-electron chi connectivity index (χ4n) is 1.57. The molecule has 1 aromatic carbocycles. The smallest absolute Gasteiger partial charge is 0.319 e. The molecule has 0 saturated carbocycles. The van der Waals surface area contributed by atoms with Gasteiger partial charge in [0.15, 0.2) is 0 Å². The van der Waals surface area contributed by atoms with Gasteiger partial charge in [-0.3, -0.25) is 0 Å². The van der Waals surface area contributed by atoms with E-state index in [1.807, 2.05) is 26.0 Å². The predicted molar refractivity (Wildman–Crippen MR) is 82.7 cm³/mol. The lowest BCUT2D eigenvalue weighted by Crippen LogP contribution is -2.37. The monoisotopic (exact) mass is 344 g/mol. The molecule has 0 aliphatic rings. The Morgan fingerprint density at radius 3 is 2.75 bits per heavy atom. The SMILES string of the molecule is COCc1c(Br)cccc1NC(=O)NC[C@H](O)C(C)C. The highest BCUT2D eigenvalue weighted by Gasteiger charge is 2.12. The number of hydrogen-bond donors (Lipinski definition) is 3. The van der Waals surface area contributed by atoms with Gasteiger partial charge in [-0.05, 0) is 18.1 Å². The van der Waals surface area contributed by atoms with E-state index in [0.29, 0.717) is 12.3 Å². The van der Waals surface area contributed by atoms with Crippen molar-refractivity contribution in [3.63, 3.8) is 0 Å². The molecule has 2 amide bonds. The molecule has 6 heteroatoms. The zero-order valence-electron chi connectivity index (χ0n) is 11.9. The van der Waals surface area contributed by atoms with Crippen LogP contribution in [0.5, 0.6) is 0 Å². The van der Waals surface area contributed by atoms with Gasteiger partial charge in [0.25, 0.3) is 0 Å². The Morgan fingerprint density at radius 2 is 2.15 bits per heavy atom. The van der Waals surface area contributed by atoms with Crippen molar-refractivity contribution in [3.05, 3.63) is 28.2 Å². The number of carbonyl (C=O) groups is 1. The second kappa shape index (κ2) is 8.24. The van der Waals surface area contributed by atoms with Crippen LogP contribution in [0, 0.1) is 5.92 Å². The van der Waals surface area contributed by atoms with Crippen LogP contribution in [0.2, 0.25) is 0 Å². The van der Waals surface area contributed by atoms with Gasteiger partial charge in [-0.15, -0.1) is 0 Å². The van der Waals surface area contributed by atoms with Crippen LogP contribution in [0.15, 0.2) is 22.7 Å². The summed E-state index contributed by atoms with van der Waals surface area (Å²) in [6, 6.07) is 5.18. The maximum absolute atomic E-state index is 11.8. The quantitative estimate of drug-likeness (QED) is 0.742. The number of amides is 2. The van der Waals surface area contributed by atoms with Gasteiger partial charge in [0.05, 0.1) is 12.7 Å². The summed E-state index contributed by atoms with van der Waals surface area (Å²) in [5, 5.41) is 15.1. The number of carbonyl (C=O) groups excluding carboxylic acids is 1. The van der Waals surface area contributed by atoms with Crippen LogP contribution in [0.4, 0.5) is 10.5 Å². The summed E-state index contributed by atoms with van der Waals surface area (Å²) < 4.78 is 5.99. The number of anilines is 1. The van der Waals surface area contributed by atoms with E-state index in [0.717, 1.165) is 10.0 Å². The highest BCUT2D eigenvalue weighted by molar-refractivity contribution is 9.10. The molecule has 20 heavy (non-hydrogen) atoms. The molecule has 0 aromatic heterocycles. The van der Waals surface area contributed by atoms with Crippen molar-refractivity contribution in [1.29, 1.82) is 0 Å². The molecule has 0 bridgehead atoms. The maximum atomic E-state index is 11.8. The molecule has 0 radical (unpaired) electrons. The number of methoxy groups -OCH3 is 1. The number of rotatable bonds is 6. The van der Waals surface area contributed by atoms with Crippen LogP contribution in [0.25, 0.3) is 0 Å². The normalized spacial score (nSPS) is 12.3. The van der Waals surface area contributed by atoms with E-state index in [2.05, 4.69) is 26.6 Å². The highest BCUT2D eigenvalue weighted by atomic mass is 79.9. The van der Waals surface area contributed by atoms with Gasteiger partial charge < -0.3 is 20.5 Å². The molecule has 1 rings (SSSR count). The standard InChI is InChI=1S/C14H21BrN2O3/c1-9(2)13(18)7-16-14(19)17-12-6-4-5-11(15)10(12)8-20-3/h4-6,9,13,18H,7-8H2,1-3H3,(H2,16,17,19)/t13-/m0/s1. The summed E-state index contributed by atoms with van der Waals surface area (Å²) in [6.07, 6.45) is -0.554. The molecule has 0 unspecified atom stereocenters. The molecule has 0 spiro atoms. The molecule has 0 aliphatic heterocycles. The topological polar surface area (TPSA) is 70.6 Å². The number of benzene rings is 1. The fraction of sp³-hybridized carbons (Fsp3) is 0.500. The second-order valence-corrected chi connectivity index (χ2v) is 5.70. The first-order valence-corrected chi connectivity index (χ1v) is 7.24. The van der Waals surface area contributed by atoms with Crippen LogP contribution in [0.3, 0.4) is 0 Å². The Kier molecular flexibility index (Phi) is 6.98. The van der Waals surface area contributed by atoms with Gasteiger partial charge in [0.1, 0.15) is 0 Å². The number of halogens is 1. The van der Waals surface area contributed by atoms with Crippen LogP contribution in [-0.4, -0.2) is 30.9 Å². The average molecular weight is 345 g/mol. The van der Waals surface area contributed by atoms with E-state index in [1.165, 1.54) is 0 Å². The van der Waals surface area contributed by atoms with Crippen LogP contribution >= 0.6 is 15.9 Å². The molecule has 0 saturated heterocycles. The summed E-state index contributed by atoms with van der Waals surface area (Å²) in [5.74, 6) is 0.102. The van der Waals surface area contributed by atoms with E-state index in [-0.39, 0.29) is 18.5 Å². The minimum Gasteiger partial charge on any atom is -0.391 e. The zero-order chi connectivity index (χ0) is 15.1. The van der Waals surface area contributed by atoms with Crippen molar-refractivity contribution in [2.45, 2.75) is 26.6 Å². The third-order valence-corrected chi connectivity index (χ3v) is 3.64. The van der Waals surface area contributed by atoms with Gasteiger partial charge >= 0.3 is 6.03 Å². The summed E-state index contributed by atoms with van der Waals surface area (Å²) in [4.78, 5) is 11.8. The molecule has 0 aliphatic carbocycles. The first kappa shape index (κ1) is 16.9. The Hall–Kier alpha value is -1.11. The van der Waals surface area contributed by atoms with Gasteiger partial charge in [-0.25, -0.2) is 4.79 Å². The van der Waals surface area contributed by atoms with Gasteiger partial charge in [0.2, 0.25) is 0 Å². The lowest BCUT2D eigenvalue weighted by Gasteiger charge is -2.16. The third kappa shape index (κ3) is 5.11. The van der Waals surface area contributed by atoms with Gasteiger partial charge in [0, 0.05) is 29.4 Å². The van der Waals surface area contributed by atoms with Crippen molar-refractivity contribution in [2.75, 3.05) is 19.0 Å². The molecular weight excluding hydrogens is 324 g/mol. The molecule has 0 fully saturated rings. The van der Waals surface area contributed by atoms with E-state index in [4.69, 9.17) is 4.74 Å². The minimum absolute atomic E-state index is 0.102. The Bertz CT molecular complexity index is 452. The molecule has 1 atom stereocenters. The summed E-state index contributed by atoms with van der Waals surface area (Å²) >= 11 is 3.43. The van der Waals surface area contributed by atoms with Crippen molar-refractivity contribution >= 4 is 27.6 Å². The molecule has 5 nitrogen and oxygen atoms in total. The zero-order valence-corrected chi connectivity index (χ0v) is 13.5. The summed E-state index contributed by atoms with van der Waals surface area (Å²) in [5.41, 5.74) is 1.55. The van der Waals surface area contributed by atoms with Crippen LogP contribution in [-0.2, 0) is 11.3 Å². The second-order valence-electron chi connectivity index (χ2n) is 4.85. The van der Waals surface area contributed by atoms with Crippen LogP contribution < -0.4 is 10.6 Å². The van der Waals surface area contributed by atoms with Crippen molar-refractivity contribution in [1.82, 2.24) is 5.32 Å². The predicted octanol–water partition coefficient (Wildman–Crippen LogP) is 2.73. The van der Waals surface area contributed by atoms with E-state index >= 15 is 0 Å². The molecule has 112 valence electrons. The highest BCUT2D eigenvalue weighted by Crippen LogP contribution is 2.25. The van der Waals surface area contributed by atoms with Crippen molar-refractivity contribution in [3.8, 4) is 0 Å². The van der Waals surface area contributed by atoms with E-state index in [9.17, 15) is 9.90 Å². The lowest BCUT2D eigenvalue weighted by atomic mass is 10.1. The largest absolute Gasteiger partial charge is 0.391 e. The number of ether oxygens (including phenoxy) is 1. The van der Waals surface area contributed by atoms with Gasteiger partial charge in [-0.1, -0.05) is 35.8 Å². The summed E-state index contributed by atoms with van der Waals surface area (Å²) in [7, 11) is 1.60. The maximum Gasteiger partial charge on any atom is 0.319 e. The average Bonchev–Trinajstić information content (AvgIpc) is 2.40. The Morgan fingerprint density at radius 1 is 1.45 bits per heavy atom.